The summed E-state index contributed by atoms with van der Waals surface area (Å²) in [6.07, 6.45) is 118. The molecule has 0 fully saturated rings. The Morgan fingerprint density at radius 3 is 0.706 bits per heavy atom. The third kappa shape index (κ3) is 94.0. The maximum Gasteiger partial charge on any atom is 0.472 e. The van der Waals surface area contributed by atoms with Crippen molar-refractivity contribution in [2.45, 2.75) is 437 Å². The van der Waals surface area contributed by atoms with Crippen molar-refractivity contribution in [2.75, 3.05) is 39.6 Å². The summed E-state index contributed by atoms with van der Waals surface area (Å²) in [5.74, 6) is -1.57. The molecule has 686 valence electrons. The number of allylic oxidation sites excluding steroid dienone is 24. The highest BCUT2D eigenvalue weighted by Gasteiger charge is 2.30. The highest BCUT2D eigenvalue weighted by Crippen LogP contribution is 2.45. The van der Waals surface area contributed by atoms with Crippen LogP contribution in [-0.2, 0) is 55.8 Å². The summed E-state index contributed by atoms with van der Waals surface area (Å²) < 4.78 is 61.5. The summed E-state index contributed by atoms with van der Waals surface area (Å²) in [6, 6.07) is 0. The number of carbonyl (C=O) groups excluding carboxylic acids is 3. The molecule has 0 radical (unpaired) electrons. The number of unbranched alkanes of at least 4 members (excludes halogenated alkanes) is 44. The van der Waals surface area contributed by atoms with E-state index in [1.807, 2.05) is 0 Å². The molecule has 5 unspecified atom stereocenters. The van der Waals surface area contributed by atoms with Crippen molar-refractivity contribution in [2.24, 2.45) is 0 Å². The van der Waals surface area contributed by atoms with Gasteiger partial charge >= 0.3 is 33.6 Å². The first-order valence-electron chi connectivity index (χ1n) is 48.1. The highest BCUT2D eigenvalue weighted by atomic mass is 31.2. The molecule has 0 heterocycles. The van der Waals surface area contributed by atoms with Gasteiger partial charge in [0.05, 0.1) is 26.4 Å². The lowest BCUT2D eigenvalue weighted by atomic mass is 10.0. The molecule has 0 aromatic rings. The summed E-state index contributed by atoms with van der Waals surface area (Å²) in [4.78, 5) is 59.0. The number of ether oxygens (including phenoxy) is 3. The van der Waals surface area contributed by atoms with Gasteiger partial charge in [-0.2, -0.15) is 0 Å². The third-order valence-corrected chi connectivity index (χ3v) is 22.4. The molecule has 4 N–H and O–H groups in total. The highest BCUT2D eigenvalue weighted by molar-refractivity contribution is 7.47. The molecule has 0 aromatic carbocycles. The summed E-state index contributed by atoms with van der Waals surface area (Å²) >= 11 is 0. The van der Waals surface area contributed by atoms with Crippen LogP contribution in [0.2, 0.25) is 0 Å². The molecule has 16 nitrogen and oxygen atoms in total. The first-order chi connectivity index (χ1) is 58.2. The average molecular weight is 1710 g/mol. The maximum absolute atomic E-state index is 13.0. The van der Waals surface area contributed by atoms with Crippen LogP contribution >= 0.6 is 15.6 Å². The Kier molecular flexibility index (Phi) is 89.1. The molecule has 0 saturated carbocycles. The molecule has 0 aliphatic heterocycles. The zero-order valence-electron chi connectivity index (χ0n) is 75.8. The fraction of sp³-hybridized carbons (Fsp3) is 0.733. The Bertz CT molecular complexity index is 2740. The monoisotopic (exact) mass is 1710 g/mol. The van der Waals surface area contributed by atoms with E-state index in [-0.39, 0.29) is 19.3 Å². The maximum atomic E-state index is 13.0. The van der Waals surface area contributed by atoms with E-state index in [0.29, 0.717) is 19.3 Å². The molecule has 0 rings (SSSR count). The molecular formula is C101H176O16P2. The number of phosphoric ester groups is 2. The van der Waals surface area contributed by atoms with E-state index in [2.05, 4.69) is 167 Å². The minimum absolute atomic E-state index is 0.0891. The fourth-order valence-electron chi connectivity index (χ4n) is 13.2. The first-order valence-corrected chi connectivity index (χ1v) is 51.1. The predicted molar refractivity (Wildman–Crippen MR) is 500 cm³/mol. The number of rotatable bonds is 91. The molecule has 5 atom stereocenters. The number of carbonyl (C=O) groups is 3. The van der Waals surface area contributed by atoms with Crippen LogP contribution in [-0.4, -0.2) is 95.9 Å². The summed E-state index contributed by atoms with van der Waals surface area (Å²) in [7, 11) is -9.80. The minimum atomic E-state index is -4.94. The largest absolute Gasteiger partial charge is 0.472 e. The van der Waals surface area contributed by atoms with Crippen molar-refractivity contribution >= 4 is 33.6 Å². The molecule has 18 heteroatoms. The zero-order valence-corrected chi connectivity index (χ0v) is 77.5. The number of hydrogen-bond acceptors (Lipinski definition) is 14. The number of esters is 3. The van der Waals surface area contributed by atoms with Gasteiger partial charge in [-0.15, -0.1) is 0 Å². The summed E-state index contributed by atoms with van der Waals surface area (Å²) in [5.41, 5.74) is 0. The topological polar surface area (TPSA) is 231 Å². The molecule has 0 amide bonds. The van der Waals surface area contributed by atoms with E-state index < -0.39 is 91.5 Å². The van der Waals surface area contributed by atoms with Crippen molar-refractivity contribution in [3.05, 3.63) is 146 Å². The van der Waals surface area contributed by atoms with Gasteiger partial charge in [0.15, 0.2) is 6.10 Å². The SMILES string of the molecule is CC/C=C\C/C=C\C/C=C\C/C=C\C/C=C\C/C=C\CCCCCCCCCCCCCCCCCCC(=O)OCC(O)COP(=O)(O)OCC(O)COP(=O)(O)OCC(COC(=O)CCCCCCCCCCCCCCCCCCC/C=C\C/C=C\C/C=C\C/C=C\CCCCC)OC(=O)CCCCCCC/C=C\C/C=C\CCCCC. The Labute approximate surface area is 728 Å². The van der Waals surface area contributed by atoms with E-state index in [4.69, 9.17) is 32.3 Å². The Hall–Kier alpha value is -4.57. The quantitative estimate of drug-likeness (QED) is 0.0146. The predicted octanol–water partition coefficient (Wildman–Crippen LogP) is 29.9. The van der Waals surface area contributed by atoms with Gasteiger partial charge in [0.25, 0.3) is 0 Å². The number of phosphoric acid groups is 2. The second-order valence-corrected chi connectivity index (χ2v) is 35.0. The lowest BCUT2D eigenvalue weighted by Gasteiger charge is -2.21. The fourth-order valence-corrected chi connectivity index (χ4v) is 14.8. The van der Waals surface area contributed by atoms with Gasteiger partial charge in [-0.25, -0.2) is 9.13 Å². The van der Waals surface area contributed by atoms with Crippen LogP contribution in [0.5, 0.6) is 0 Å². The Balaban J connectivity index is 4.41. The molecule has 0 bridgehead atoms. The standard InChI is InChI=1S/C101H176O16P2/c1-4-7-10-13-16-19-22-25-28-30-32-34-36-38-40-42-44-46-47-49-51-52-54-56-58-60-62-64-67-69-72-75-78-81-84-87-99(104)111-90-96(102)91-113-118(107,108)114-92-97(103)93-115-119(109,110)116-95-98(117-101(106)89-86-83-80-77-74-71-66-27-24-21-18-15-12-9-6-3)94-112-100(105)88-85-82-79-76-73-70-68-65-63-61-59-57-55-53-50-48-45-43-41-39-37-35-33-31-29-26-23-20-17-14-11-8-5-2/h7,10,16-21,25-29,32-35,38-41,44,46,66,96-98,102-103H,4-6,8-9,11-15,22-24,30-31,36-37,42-43,45,47-65,67-95H2,1-3H3,(H,107,108)(H,109,110)/b10-7-,19-16-,20-17-,21-18-,28-25-,29-26-,34-32-,35-33-,40-38-,41-39-,46-44-,66-27-. The van der Waals surface area contributed by atoms with Gasteiger partial charge in [-0.05, 0) is 148 Å². The Morgan fingerprint density at radius 1 is 0.244 bits per heavy atom. The van der Waals surface area contributed by atoms with E-state index in [1.165, 1.54) is 218 Å². The number of hydrogen-bond donors (Lipinski definition) is 4. The van der Waals surface area contributed by atoms with Crippen LogP contribution in [0.1, 0.15) is 419 Å². The zero-order chi connectivity index (χ0) is 86.5. The van der Waals surface area contributed by atoms with E-state index >= 15 is 0 Å². The summed E-state index contributed by atoms with van der Waals surface area (Å²) in [5, 5.41) is 20.7. The van der Waals surface area contributed by atoms with Crippen LogP contribution in [0, 0.1) is 0 Å². The second kappa shape index (κ2) is 92.6. The minimum Gasteiger partial charge on any atom is -0.463 e. The lowest BCUT2D eigenvalue weighted by Crippen LogP contribution is -2.30. The smallest absolute Gasteiger partial charge is 0.463 e. The molecular weight excluding hydrogens is 1530 g/mol. The van der Waals surface area contributed by atoms with Crippen molar-refractivity contribution in [1.29, 1.82) is 0 Å². The van der Waals surface area contributed by atoms with E-state index in [1.54, 1.807) is 0 Å². The van der Waals surface area contributed by atoms with Gasteiger partial charge in [0.1, 0.15) is 25.4 Å². The van der Waals surface area contributed by atoms with Crippen LogP contribution in [0.3, 0.4) is 0 Å². The van der Waals surface area contributed by atoms with E-state index in [0.717, 1.165) is 141 Å². The van der Waals surface area contributed by atoms with Gasteiger partial charge in [0, 0.05) is 19.3 Å². The summed E-state index contributed by atoms with van der Waals surface area (Å²) in [6.45, 7) is 2.56. The van der Waals surface area contributed by atoms with Gasteiger partial charge < -0.3 is 34.2 Å². The van der Waals surface area contributed by atoms with Crippen LogP contribution < -0.4 is 0 Å². The van der Waals surface area contributed by atoms with Crippen LogP contribution in [0.15, 0.2) is 146 Å². The molecule has 0 aliphatic carbocycles. The normalized spacial score (nSPS) is 14.4. The molecule has 0 saturated heterocycles. The van der Waals surface area contributed by atoms with Gasteiger partial charge in [-0.3, -0.25) is 32.5 Å². The van der Waals surface area contributed by atoms with Gasteiger partial charge in [-0.1, -0.05) is 398 Å². The van der Waals surface area contributed by atoms with Crippen LogP contribution in [0.25, 0.3) is 0 Å². The van der Waals surface area contributed by atoms with Crippen molar-refractivity contribution in [3.63, 3.8) is 0 Å². The number of aliphatic hydroxyl groups is 2. The molecule has 0 aliphatic rings. The molecule has 0 spiro atoms. The van der Waals surface area contributed by atoms with E-state index in [9.17, 15) is 43.5 Å². The van der Waals surface area contributed by atoms with Crippen molar-refractivity contribution in [3.8, 4) is 0 Å². The number of aliphatic hydroxyl groups excluding tert-OH is 2. The third-order valence-electron chi connectivity index (χ3n) is 20.5. The average Bonchev–Trinajstić information content (AvgIpc) is 0.898. The Morgan fingerprint density at radius 2 is 0.445 bits per heavy atom. The van der Waals surface area contributed by atoms with Gasteiger partial charge in [0.2, 0.25) is 0 Å². The molecule has 0 aromatic heterocycles. The van der Waals surface area contributed by atoms with Crippen molar-refractivity contribution in [1.82, 2.24) is 0 Å². The first kappa shape index (κ1) is 114. The molecule has 119 heavy (non-hydrogen) atoms. The van der Waals surface area contributed by atoms with Crippen LogP contribution in [0.4, 0.5) is 0 Å². The van der Waals surface area contributed by atoms with Crippen molar-refractivity contribution < 1.29 is 75.8 Å². The second-order valence-electron chi connectivity index (χ2n) is 32.1. The lowest BCUT2D eigenvalue weighted by molar-refractivity contribution is -0.161.